The van der Waals surface area contributed by atoms with Crippen LogP contribution >= 0.6 is 7.43 Å². The Balaban J connectivity index is 1.77. The molecular weight excluding hydrogens is 285 g/mol. The summed E-state index contributed by atoms with van der Waals surface area (Å²) in [4.78, 5) is 0. The molecule has 0 aromatic heterocycles. The van der Waals surface area contributed by atoms with Gasteiger partial charge in [0.25, 0.3) is 0 Å². The summed E-state index contributed by atoms with van der Waals surface area (Å²) in [5.74, 6) is 0.749. The zero-order chi connectivity index (χ0) is 14.2. The quantitative estimate of drug-likeness (QED) is 0.865. The molecule has 5 heteroatoms. The van der Waals surface area contributed by atoms with Gasteiger partial charge in [0, 0.05) is 0 Å². The topological polar surface area (TPSA) is 39.7 Å². The Morgan fingerprint density at radius 3 is 2.10 bits per heavy atom. The van der Waals surface area contributed by atoms with Crippen molar-refractivity contribution in [2.24, 2.45) is 0 Å². The fourth-order valence-corrected chi connectivity index (χ4v) is 5.96. The van der Waals surface area contributed by atoms with Gasteiger partial charge in [0.1, 0.15) is 0 Å². The Kier molecular flexibility index (Phi) is 2.79. The molecule has 108 valence electrons. The standard InChI is InChI=1S/C16H16NO3P/c1-3-7-14(8-4-1)16-13-17-21(20-16,18-11-12-19-21)15-9-5-2-6-10-15/h1-10,13,17H,11-12H2. The maximum absolute atomic E-state index is 6.31. The Morgan fingerprint density at radius 1 is 0.810 bits per heavy atom. The van der Waals surface area contributed by atoms with Crippen molar-refractivity contribution < 1.29 is 13.6 Å². The molecule has 2 aliphatic heterocycles. The van der Waals surface area contributed by atoms with Gasteiger partial charge in [-0.25, -0.2) is 0 Å². The van der Waals surface area contributed by atoms with Crippen LogP contribution in [0.4, 0.5) is 0 Å². The fourth-order valence-electron chi connectivity index (χ4n) is 2.67. The number of rotatable bonds is 2. The summed E-state index contributed by atoms with van der Waals surface area (Å²) >= 11 is 0. The summed E-state index contributed by atoms with van der Waals surface area (Å²) in [6.07, 6.45) is 1.85. The van der Waals surface area contributed by atoms with Crippen LogP contribution in [-0.4, -0.2) is 13.2 Å². The molecule has 4 rings (SSSR count). The van der Waals surface area contributed by atoms with Gasteiger partial charge in [-0.1, -0.05) is 0 Å². The molecule has 0 unspecified atom stereocenters. The monoisotopic (exact) mass is 301 g/mol. The summed E-state index contributed by atoms with van der Waals surface area (Å²) < 4.78 is 18.4. The summed E-state index contributed by atoms with van der Waals surface area (Å²) in [7, 11) is -3.47. The van der Waals surface area contributed by atoms with Crippen molar-refractivity contribution in [3.8, 4) is 0 Å². The van der Waals surface area contributed by atoms with Crippen molar-refractivity contribution >= 4 is 18.5 Å². The molecule has 2 aromatic rings. The van der Waals surface area contributed by atoms with Gasteiger partial charge >= 0.3 is 123 Å². The van der Waals surface area contributed by atoms with Crippen LogP contribution in [0, 0.1) is 0 Å². The van der Waals surface area contributed by atoms with Crippen molar-refractivity contribution in [3.63, 3.8) is 0 Å². The van der Waals surface area contributed by atoms with E-state index in [2.05, 4.69) is 5.09 Å². The van der Waals surface area contributed by atoms with Gasteiger partial charge in [0.2, 0.25) is 0 Å². The average Bonchev–Trinajstić information content (AvgIpc) is 3.17. The number of hydrogen-bond acceptors (Lipinski definition) is 4. The summed E-state index contributed by atoms with van der Waals surface area (Å²) in [6, 6.07) is 19.8. The average molecular weight is 301 g/mol. The minimum atomic E-state index is -3.47. The van der Waals surface area contributed by atoms with Crippen LogP contribution in [0.5, 0.6) is 0 Å². The van der Waals surface area contributed by atoms with Gasteiger partial charge in [0.05, 0.1) is 0 Å². The van der Waals surface area contributed by atoms with Gasteiger partial charge in [-0.2, -0.15) is 0 Å². The number of hydrogen-bond donors (Lipinski definition) is 1. The molecule has 2 aliphatic rings. The van der Waals surface area contributed by atoms with E-state index >= 15 is 0 Å². The molecule has 2 aromatic carbocycles. The summed E-state index contributed by atoms with van der Waals surface area (Å²) in [5, 5.41) is 4.23. The second kappa shape index (κ2) is 4.57. The second-order valence-electron chi connectivity index (χ2n) is 4.98. The number of nitrogens with one attached hydrogen (secondary N) is 1. The summed E-state index contributed by atoms with van der Waals surface area (Å²) in [5.41, 5.74) is 1.00. The Morgan fingerprint density at radius 2 is 1.43 bits per heavy atom. The van der Waals surface area contributed by atoms with Gasteiger partial charge in [-0.15, -0.1) is 0 Å². The molecule has 0 atom stereocenters. The van der Waals surface area contributed by atoms with Crippen molar-refractivity contribution in [1.29, 1.82) is 0 Å². The van der Waals surface area contributed by atoms with E-state index in [1.54, 1.807) is 0 Å². The van der Waals surface area contributed by atoms with Crippen LogP contribution in [0.15, 0.2) is 66.9 Å². The van der Waals surface area contributed by atoms with E-state index in [0.717, 1.165) is 16.6 Å². The van der Waals surface area contributed by atoms with Crippen LogP contribution in [0.2, 0.25) is 0 Å². The third-order valence-corrected chi connectivity index (χ3v) is 7.27. The molecule has 0 radical (unpaired) electrons. The normalized spacial score (nSPS) is 23.6. The first kappa shape index (κ1) is 12.8. The second-order valence-corrected chi connectivity index (χ2v) is 8.22. The van der Waals surface area contributed by atoms with Crippen molar-refractivity contribution in [3.05, 3.63) is 72.4 Å². The molecule has 0 saturated carbocycles. The molecular formula is C16H16NO3P. The summed E-state index contributed by atoms with van der Waals surface area (Å²) in [6.45, 7) is 1.05. The first-order chi connectivity index (χ1) is 10.3. The van der Waals surface area contributed by atoms with E-state index in [0.29, 0.717) is 13.2 Å². The van der Waals surface area contributed by atoms with Crippen molar-refractivity contribution in [1.82, 2.24) is 5.09 Å². The van der Waals surface area contributed by atoms with Crippen LogP contribution in [0.1, 0.15) is 5.56 Å². The predicted molar refractivity (Wildman–Crippen MR) is 83.5 cm³/mol. The van der Waals surface area contributed by atoms with E-state index in [4.69, 9.17) is 13.6 Å². The molecule has 1 saturated heterocycles. The Labute approximate surface area is 123 Å². The fraction of sp³-hybridized carbons (Fsp3) is 0.125. The van der Waals surface area contributed by atoms with E-state index in [1.165, 1.54) is 0 Å². The predicted octanol–water partition coefficient (Wildman–Crippen LogP) is 3.19. The molecule has 1 fully saturated rings. The molecule has 2 heterocycles. The molecule has 1 spiro atoms. The van der Waals surface area contributed by atoms with Crippen molar-refractivity contribution in [2.45, 2.75) is 0 Å². The third kappa shape index (κ3) is 1.88. The molecule has 0 aliphatic carbocycles. The van der Waals surface area contributed by atoms with E-state index < -0.39 is 7.43 Å². The van der Waals surface area contributed by atoms with Gasteiger partial charge < -0.3 is 0 Å². The van der Waals surface area contributed by atoms with Gasteiger partial charge in [0.15, 0.2) is 0 Å². The van der Waals surface area contributed by atoms with Crippen molar-refractivity contribution in [2.75, 3.05) is 13.2 Å². The third-order valence-electron chi connectivity index (χ3n) is 3.68. The van der Waals surface area contributed by atoms with Crippen LogP contribution in [0.3, 0.4) is 0 Å². The zero-order valence-corrected chi connectivity index (χ0v) is 12.3. The van der Waals surface area contributed by atoms with Crippen LogP contribution in [-0.2, 0) is 13.6 Å². The van der Waals surface area contributed by atoms with E-state index in [-0.39, 0.29) is 0 Å². The van der Waals surface area contributed by atoms with Crippen LogP contribution < -0.4 is 10.4 Å². The molecule has 21 heavy (non-hydrogen) atoms. The molecule has 0 amide bonds. The molecule has 1 N–H and O–H groups in total. The first-order valence-electron chi connectivity index (χ1n) is 6.93. The minimum absolute atomic E-state index is 0.523. The van der Waals surface area contributed by atoms with E-state index in [9.17, 15) is 0 Å². The Hall–Kier alpha value is -1.87. The van der Waals surface area contributed by atoms with Crippen LogP contribution in [0.25, 0.3) is 5.76 Å². The van der Waals surface area contributed by atoms with Gasteiger partial charge in [-0.3, -0.25) is 0 Å². The maximum atomic E-state index is 6.31. The first-order valence-corrected chi connectivity index (χ1v) is 8.92. The van der Waals surface area contributed by atoms with Gasteiger partial charge in [-0.05, 0) is 0 Å². The molecule has 0 bridgehead atoms. The SMILES string of the molecule is C1=C(c2ccccc2)OP2(c3ccccc3)(N1)OCCO2. The molecule has 4 nitrogen and oxygen atoms in total. The number of benzene rings is 2. The van der Waals surface area contributed by atoms with E-state index in [1.807, 2.05) is 66.9 Å². The Bertz CT molecular complexity index is 681. The zero-order valence-electron chi connectivity index (χ0n) is 11.4.